The molecule has 10 nitrogen and oxygen atoms in total. The van der Waals surface area contributed by atoms with E-state index in [1.54, 1.807) is 23.4 Å². The van der Waals surface area contributed by atoms with Gasteiger partial charge in [0.25, 0.3) is 0 Å². The lowest BCUT2D eigenvalue weighted by atomic mass is 10.2. The summed E-state index contributed by atoms with van der Waals surface area (Å²) in [5.41, 5.74) is 2.77. The number of benzene rings is 1. The monoisotopic (exact) mass is 682 g/mol. The Labute approximate surface area is 280 Å². The predicted octanol–water partition coefficient (Wildman–Crippen LogP) is 8.23. The van der Waals surface area contributed by atoms with Gasteiger partial charge in [-0.2, -0.15) is 5.10 Å². The number of anilines is 2. The molecule has 0 unspecified atom stereocenters. The Morgan fingerprint density at radius 3 is 2.13 bits per heavy atom. The molecule has 0 amide bonds. The van der Waals surface area contributed by atoms with Crippen molar-refractivity contribution in [3.05, 3.63) is 48.7 Å². The largest absolute Gasteiger partial charge is 0.497 e. The highest BCUT2D eigenvalue weighted by Gasteiger charge is 2.38. The van der Waals surface area contributed by atoms with Crippen LogP contribution >= 0.6 is 0 Å². The van der Waals surface area contributed by atoms with Crippen molar-refractivity contribution in [2.45, 2.75) is 84.4 Å². The second kappa shape index (κ2) is 14.0. The van der Waals surface area contributed by atoms with Crippen molar-refractivity contribution in [1.82, 2.24) is 24.7 Å². The zero-order valence-electron chi connectivity index (χ0n) is 30.1. The van der Waals surface area contributed by atoms with Gasteiger partial charge in [0.05, 0.1) is 57.8 Å². The van der Waals surface area contributed by atoms with Crippen LogP contribution in [-0.4, -0.2) is 75.3 Å². The zero-order chi connectivity index (χ0) is 34.8. The topological polar surface area (TPSA) is 96.7 Å². The summed E-state index contributed by atoms with van der Waals surface area (Å²) in [6, 6.07) is 6.82. The molecule has 0 fully saturated rings. The van der Waals surface area contributed by atoms with Crippen LogP contribution in [-0.2, 0) is 15.4 Å². The lowest BCUT2D eigenvalue weighted by Gasteiger charge is -2.37. The Bertz CT molecular complexity index is 1680. The van der Waals surface area contributed by atoms with Crippen molar-refractivity contribution in [2.75, 3.05) is 38.9 Å². The molecule has 0 N–H and O–H groups in total. The first-order chi connectivity index (χ1) is 21.9. The summed E-state index contributed by atoms with van der Waals surface area (Å²) in [6.07, 6.45) is 5.43. The lowest BCUT2D eigenvalue weighted by molar-refractivity contribution is 0.266. The number of pyridine rings is 1. The lowest BCUT2D eigenvalue weighted by Crippen LogP contribution is -2.42. The average molecular weight is 683 g/mol. The molecule has 0 saturated carbocycles. The third-order valence-corrected chi connectivity index (χ3v) is 18.6. The molecule has 256 valence electrons. The normalized spacial score (nSPS) is 12.9. The summed E-state index contributed by atoms with van der Waals surface area (Å²) < 4.78 is 41.4. The fourth-order valence-corrected chi connectivity index (χ4v) is 6.46. The van der Waals surface area contributed by atoms with Crippen LogP contribution in [0, 0.1) is 5.82 Å². The molecular formula is C34H51FN6O4Si2. The predicted molar refractivity (Wildman–Crippen MR) is 191 cm³/mol. The maximum atomic E-state index is 15.9. The van der Waals surface area contributed by atoms with Crippen LogP contribution in [0.5, 0.6) is 11.5 Å². The van der Waals surface area contributed by atoms with E-state index in [-0.39, 0.29) is 21.5 Å². The molecule has 3 heterocycles. The Morgan fingerprint density at radius 2 is 1.51 bits per heavy atom. The molecule has 3 aromatic heterocycles. The van der Waals surface area contributed by atoms with Gasteiger partial charge in [0.2, 0.25) is 0 Å². The number of ether oxygens (including phenoxy) is 2. The van der Waals surface area contributed by atoms with Crippen LogP contribution in [0.4, 0.5) is 15.9 Å². The summed E-state index contributed by atoms with van der Waals surface area (Å²) in [5.74, 6) is 0.509. The van der Waals surface area contributed by atoms with E-state index in [0.29, 0.717) is 54.7 Å². The second-order valence-electron chi connectivity index (χ2n) is 14.8. The molecule has 0 radical (unpaired) electrons. The van der Waals surface area contributed by atoms with E-state index in [0.717, 1.165) is 5.56 Å². The van der Waals surface area contributed by atoms with Crippen LogP contribution in [0.25, 0.3) is 22.4 Å². The molecule has 0 spiro atoms. The SMILES string of the molecule is COc1cc(OC)c(F)c(N(CCO[Si](C)(C)C(C)(C)C)c2ccc3ncc(-c4cnn(CCO[Si](C)(C)C(C)(C)C)c4)nc3n2)c1. The third kappa shape index (κ3) is 8.37. The molecule has 4 aromatic rings. The molecule has 13 heteroatoms. The average Bonchev–Trinajstić information content (AvgIpc) is 3.47. The van der Waals surface area contributed by atoms with E-state index >= 15 is 4.39 Å². The second-order valence-corrected chi connectivity index (χ2v) is 24.4. The third-order valence-electron chi connectivity index (χ3n) is 9.51. The van der Waals surface area contributed by atoms with Gasteiger partial charge in [0, 0.05) is 30.4 Å². The van der Waals surface area contributed by atoms with Gasteiger partial charge in [-0.25, -0.2) is 14.4 Å². The number of aromatic nitrogens is 5. The zero-order valence-corrected chi connectivity index (χ0v) is 32.1. The van der Waals surface area contributed by atoms with Crippen molar-refractivity contribution in [3.8, 4) is 22.8 Å². The van der Waals surface area contributed by atoms with Gasteiger partial charge in [-0.3, -0.25) is 9.67 Å². The van der Waals surface area contributed by atoms with E-state index in [4.69, 9.17) is 28.3 Å². The summed E-state index contributed by atoms with van der Waals surface area (Å²) >= 11 is 0. The molecule has 0 aliphatic heterocycles. The number of methoxy groups -OCH3 is 2. The highest BCUT2D eigenvalue weighted by atomic mass is 28.4. The maximum Gasteiger partial charge on any atom is 0.192 e. The van der Waals surface area contributed by atoms with E-state index in [1.165, 1.54) is 20.3 Å². The van der Waals surface area contributed by atoms with Crippen molar-refractivity contribution < 1.29 is 22.7 Å². The number of hydrogen-bond donors (Lipinski definition) is 0. The van der Waals surface area contributed by atoms with Crippen molar-refractivity contribution in [3.63, 3.8) is 0 Å². The van der Waals surface area contributed by atoms with Gasteiger partial charge in [-0.15, -0.1) is 0 Å². The van der Waals surface area contributed by atoms with E-state index in [2.05, 4.69) is 77.8 Å². The summed E-state index contributed by atoms with van der Waals surface area (Å²) in [6.45, 7) is 24.1. The molecule has 0 atom stereocenters. The van der Waals surface area contributed by atoms with Crippen LogP contribution in [0.2, 0.25) is 36.3 Å². The molecule has 0 saturated heterocycles. The van der Waals surface area contributed by atoms with Crippen molar-refractivity contribution in [1.29, 1.82) is 0 Å². The first-order valence-electron chi connectivity index (χ1n) is 16.0. The standard InChI is InChI=1S/C34H51FN6O4Si2/c1-33(2,3)46(9,10)44-17-15-40-23-24(21-37-40)27-22-36-26-13-14-30(39-32(26)38-27)41(16-18-45-47(11,12)34(4,5)6)28-19-25(42-7)20-29(43-8)31(28)35/h13-14,19-23H,15-18H2,1-12H3. The number of nitrogens with zero attached hydrogens (tertiary/aromatic N) is 6. The van der Waals surface area contributed by atoms with E-state index < -0.39 is 22.5 Å². The van der Waals surface area contributed by atoms with Gasteiger partial charge in [0.1, 0.15) is 17.1 Å². The molecular weight excluding hydrogens is 632 g/mol. The summed E-state index contributed by atoms with van der Waals surface area (Å²) in [4.78, 5) is 16.1. The number of halogens is 1. The van der Waals surface area contributed by atoms with Gasteiger partial charge >= 0.3 is 0 Å². The minimum atomic E-state index is -2.06. The van der Waals surface area contributed by atoms with Gasteiger partial charge < -0.3 is 23.2 Å². The summed E-state index contributed by atoms with van der Waals surface area (Å²) in [5, 5.41) is 4.71. The van der Waals surface area contributed by atoms with Crippen LogP contribution in [0.15, 0.2) is 42.9 Å². The Morgan fingerprint density at radius 1 is 0.851 bits per heavy atom. The van der Waals surface area contributed by atoms with E-state index in [1.807, 2.05) is 23.0 Å². The minimum absolute atomic E-state index is 0.0288. The molecule has 47 heavy (non-hydrogen) atoms. The van der Waals surface area contributed by atoms with Crippen LogP contribution < -0.4 is 14.4 Å². The quantitative estimate of drug-likeness (QED) is 0.129. The van der Waals surface area contributed by atoms with Gasteiger partial charge in [0.15, 0.2) is 33.8 Å². The first-order valence-corrected chi connectivity index (χ1v) is 21.8. The minimum Gasteiger partial charge on any atom is -0.497 e. The molecule has 0 bridgehead atoms. The summed E-state index contributed by atoms with van der Waals surface area (Å²) in [7, 11) is -0.939. The Kier molecular flexibility index (Phi) is 10.8. The first kappa shape index (κ1) is 36.4. The highest BCUT2D eigenvalue weighted by molar-refractivity contribution is 6.74. The molecule has 4 rings (SSSR count). The van der Waals surface area contributed by atoms with E-state index in [9.17, 15) is 0 Å². The van der Waals surface area contributed by atoms with Crippen molar-refractivity contribution in [2.24, 2.45) is 0 Å². The maximum absolute atomic E-state index is 15.9. The van der Waals surface area contributed by atoms with Gasteiger partial charge in [-0.05, 0) is 48.4 Å². The van der Waals surface area contributed by atoms with Crippen molar-refractivity contribution >= 4 is 39.3 Å². The fraction of sp³-hybridized carbons (Fsp3) is 0.529. The Hall–Kier alpha value is -3.40. The Balaban J connectivity index is 1.65. The number of rotatable bonds is 13. The van der Waals surface area contributed by atoms with Gasteiger partial charge in [-0.1, -0.05) is 41.5 Å². The van der Waals surface area contributed by atoms with Crippen LogP contribution in [0.3, 0.4) is 0 Å². The number of hydrogen-bond acceptors (Lipinski definition) is 9. The highest BCUT2D eigenvalue weighted by Crippen LogP contribution is 2.39. The molecule has 0 aliphatic carbocycles. The molecule has 1 aromatic carbocycles. The van der Waals surface area contributed by atoms with Crippen LogP contribution in [0.1, 0.15) is 41.5 Å². The number of fused-ring (bicyclic) bond motifs is 1. The fourth-order valence-electron chi connectivity index (χ4n) is 4.39. The smallest absolute Gasteiger partial charge is 0.192 e. The molecule has 0 aliphatic rings.